The molecule has 0 aliphatic carbocycles. The van der Waals surface area contributed by atoms with Gasteiger partial charge >= 0.3 is 0 Å². The van der Waals surface area contributed by atoms with Crippen molar-refractivity contribution in [1.29, 1.82) is 0 Å². The van der Waals surface area contributed by atoms with Gasteiger partial charge in [0.15, 0.2) is 6.20 Å². The van der Waals surface area contributed by atoms with Gasteiger partial charge in [0.2, 0.25) is 5.52 Å². The first-order valence-electron chi connectivity index (χ1n) is 6.97. The minimum Gasteiger partial charge on any atom is -0.497 e. The van der Waals surface area contributed by atoms with Gasteiger partial charge in [-0.05, 0) is 29.3 Å². The Morgan fingerprint density at radius 2 is 1.64 bits per heavy atom. The molecule has 2 aromatic carbocycles. The molecule has 2 nitrogen and oxygen atoms in total. The van der Waals surface area contributed by atoms with Crippen LogP contribution in [0.3, 0.4) is 0 Å². The van der Waals surface area contributed by atoms with E-state index in [9.17, 15) is 0 Å². The Kier molecular flexibility index (Phi) is 5.55. The number of hydrogen-bond donors (Lipinski definition) is 0. The van der Waals surface area contributed by atoms with Gasteiger partial charge in [-0.2, -0.15) is 0 Å². The van der Waals surface area contributed by atoms with Crippen LogP contribution in [-0.4, -0.2) is 7.11 Å². The Labute approximate surface area is 148 Å². The minimum absolute atomic E-state index is 0. The molecule has 22 heavy (non-hydrogen) atoms. The number of aryl methyl sites for hydroxylation is 1. The van der Waals surface area contributed by atoms with Gasteiger partial charge in [0.25, 0.3) is 0 Å². The van der Waals surface area contributed by atoms with Crippen LogP contribution in [-0.2, 0) is 7.05 Å². The number of para-hydroxylation sites is 1. The highest BCUT2D eigenvalue weighted by atomic mass is 127. The van der Waals surface area contributed by atoms with Crippen LogP contribution in [0.2, 0.25) is 0 Å². The summed E-state index contributed by atoms with van der Waals surface area (Å²) in [5, 5.41) is 1.26. The Hall–Kier alpha value is -1.88. The molecule has 0 N–H and O–H groups in total. The lowest BCUT2D eigenvalue weighted by Gasteiger charge is -2.01. The number of fused-ring (bicyclic) bond motifs is 1. The van der Waals surface area contributed by atoms with Crippen molar-refractivity contribution in [2.45, 2.75) is 0 Å². The molecule has 0 aliphatic rings. The van der Waals surface area contributed by atoms with Crippen molar-refractivity contribution in [3.8, 4) is 5.75 Å². The molecule has 1 aromatic heterocycles. The smallest absolute Gasteiger partial charge is 0.212 e. The van der Waals surface area contributed by atoms with Crippen LogP contribution in [0.5, 0.6) is 5.75 Å². The zero-order valence-electron chi connectivity index (χ0n) is 12.7. The topological polar surface area (TPSA) is 13.1 Å². The van der Waals surface area contributed by atoms with E-state index in [4.69, 9.17) is 4.74 Å². The summed E-state index contributed by atoms with van der Waals surface area (Å²) < 4.78 is 7.31. The van der Waals surface area contributed by atoms with E-state index in [0.717, 1.165) is 11.3 Å². The molecular formula is C19H19INO+. The van der Waals surface area contributed by atoms with E-state index >= 15 is 0 Å². The zero-order chi connectivity index (χ0) is 14.7. The minimum atomic E-state index is 0. The summed E-state index contributed by atoms with van der Waals surface area (Å²) in [5.74, 6) is 0.879. The predicted octanol–water partition coefficient (Wildman–Crippen LogP) is 4.46. The summed E-state index contributed by atoms with van der Waals surface area (Å²) in [6.07, 6.45) is 6.38. The molecule has 3 rings (SSSR count). The van der Waals surface area contributed by atoms with Crippen molar-refractivity contribution in [2.24, 2.45) is 7.05 Å². The fraction of sp³-hybridized carbons (Fsp3) is 0.105. The normalized spacial score (nSPS) is 10.6. The Morgan fingerprint density at radius 1 is 0.909 bits per heavy atom. The Morgan fingerprint density at radius 3 is 2.36 bits per heavy atom. The van der Waals surface area contributed by atoms with Crippen LogP contribution in [0, 0.1) is 0 Å². The van der Waals surface area contributed by atoms with E-state index in [1.807, 2.05) is 12.1 Å². The van der Waals surface area contributed by atoms with Crippen LogP contribution >= 0.6 is 24.0 Å². The fourth-order valence-corrected chi connectivity index (χ4v) is 2.43. The molecule has 0 amide bonds. The van der Waals surface area contributed by atoms with Crippen LogP contribution in [0.1, 0.15) is 11.1 Å². The largest absolute Gasteiger partial charge is 0.497 e. The van der Waals surface area contributed by atoms with Crippen molar-refractivity contribution in [2.75, 3.05) is 7.11 Å². The summed E-state index contributed by atoms with van der Waals surface area (Å²) in [6, 6.07) is 18.6. The predicted molar refractivity (Wildman–Crippen MR) is 102 cm³/mol. The van der Waals surface area contributed by atoms with Crippen LogP contribution in [0.15, 0.2) is 60.8 Å². The third-order valence-corrected chi connectivity index (χ3v) is 3.64. The number of pyridine rings is 1. The van der Waals surface area contributed by atoms with Crippen molar-refractivity contribution in [1.82, 2.24) is 0 Å². The number of nitrogens with zero attached hydrogens (tertiary/aromatic N) is 1. The molecule has 0 unspecified atom stereocenters. The van der Waals surface area contributed by atoms with Gasteiger partial charge in [-0.3, -0.25) is 0 Å². The molecule has 0 aliphatic heterocycles. The van der Waals surface area contributed by atoms with Gasteiger partial charge in [-0.15, -0.1) is 24.0 Å². The molecule has 0 bridgehead atoms. The second-order valence-electron chi connectivity index (χ2n) is 5.01. The molecule has 0 saturated heterocycles. The highest BCUT2D eigenvalue weighted by Crippen LogP contribution is 2.18. The van der Waals surface area contributed by atoms with Crippen LogP contribution in [0.4, 0.5) is 0 Å². The number of rotatable bonds is 3. The van der Waals surface area contributed by atoms with Gasteiger partial charge in [0.05, 0.1) is 12.5 Å². The number of methoxy groups -OCH3 is 1. The van der Waals surface area contributed by atoms with E-state index in [1.54, 1.807) is 7.11 Å². The molecule has 3 heteroatoms. The van der Waals surface area contributed by atoms with Crippen LogP contribution < -0.4 is 9.30 Å². The maximum Gasteiger partial charge on any atom is 0.212 e. The average molecular weight is 404 g/mol. The molecule has 112 valence electrons. The molecule has 0 fully saturated rings. The number of aromatic nitrogens is 1. The first-order valence-corrected chi connectivity index (χ1v) is 6.97. The highest BCUT2D eigenvalue weighted by Gasteiger charge is 2.06. The number of ether oxygens (including phenoxy) is 1. The third kappa shape index (κ3) is 3.47. The van der Waals surface area contributed by atoms with Gasteiger partial charge < -0.3 is 4.74 Å². The molecule has 3 aromatic rings. The molecule has 0 saturated carbocycles. The van der Waals surface area contributed by atoms with Crippen molar-refractivity contribution >= 4 is 47.0 Å². The van der Waals surface area contributed by atoms with E-state index in [0.29, 0.717) is 0 Å². The average Bonchev–Trinajstić information content (AvgIpc) is 2.55. The highest BCUT2D eigenvalue weighted by molar-refractivity contribution is 14.0. The van der Waals surface area contributed by atoms with Gasteiger partial charge in [0.1, 0.15) is 12.8 Å². The second kappa shape index (κ2) is 7.40. The van der Waals surface area contributed by atoms with E-state index in [1.165, 1.54) is 16.5 Å². The standard InChI is InChI=1S/C19H18NO.HI/c1-20-14-13-16(18-5-3-4-6-19(18)20)10-7-15-8-11-17(21-2)12-9-15;/h3-14H,1-2H3;1H/q+1;/b10-7-;. The fourth-order valence-electron chi connectivity index (χ4n) is 2.43. The van der Waals surface area contributed by atoms with E-state index in [2.05, 4.69) is 72.4 Å². The summed E-state index contributed by atoms with van der Waals surface area (Å²) in [7, 11) is 3.75. The summed E-state index contributed by atoms with van der Waals surface area (Å²) >= 11 is 0. The van der Waals surface area contributed by atoms with Gasteiger partial charge in [-0.25, -0.2) is 4.57 Å². The van der Waals surface area contributed by atoms with E-state index < -0.39 is 0 Å². The maximum absolute atomic E-state index is 5.18. The first-order chi connectivity index (χ1) is 10.3. The first kappa shape index (κ1) is 16.5. The van der Waals surface area contributed by atoms with Crippen molar-refractivity contribution < 1.29 is 9.30 Å². The quantitative estimate of drug-likeness (QED) is 0.464. The Bertz CT molecular complexity index is 794. The lowest BCUT2D eigenvalue weighted by Crippen LogP contribution is -2.28. The lowest BCUT2D eigenvalue weighted by atomic mass is 10.1. The molecule has 0 radical (unpaired) electrons. The Balaban J connectivity index is 0.00000176. The zero-order valence-corrected chi connectivity index (χ0v) is 15.0. The molecule has 0 atom stereocenters. The second-order valence-corrected chi connectivity index (χ2v) is 5.01. The van der Waals surface area contributed by atoms with E-state index in [-0.39, 0.29) is 24.0 Å². The number of halogens is 1. The van der Waals surface area contributed by atoms with Gasteiger partial charge in [-0.1, -0.05) is 36.4 Å². The monoisotopic (exact) mass is 404 g/mol. The maximum atomic E-state index is 5.18. The lowest BCUT2D eigenvalue weighted by molar-refractivity contribution is -0.644. The summed E-state index contributed by atoms with van der Waals surface area (Å²) in [4.78, 5) is 0. The summed E-state index contributed by atoms with van der Waals surface area (Å²) in [6.45, 7) is 0. The molecule has 1 heterocycles. The van der Waals surface area contributed by atoms with Crippen molar-refractivity contribution in [3.05, 3.63) is 71.9 Å². The molecule has 0 spiro atoms. The van der Waals surface area contributed by atoms with Gasteiger partial charge in [0, 0.05) is 12.1 Å². The number of benzene rings is 2. The third-order valence-electron chi connectivity index (χ3n) is 3.64. The van der Waals surface area contributed by atoms with Crippen molar-refractivity contribution in [3.63, 3.8) is 0 Å². The number of hydrogen-bond acceptors (Lipinski definition) is 1. The summed E-state index contributed by atoms with van der Waals surface area (Å²) in [5.41, 5.74) is 3.61. The SMILES string of the molecule is COc1ccc(/C=C\c2cc[n+](C)c3ccccc23)cc1.I. The molecular weight excluding hydrogens is 385 g/mol. The van der Waals surface area contributed by atoms with Crippen LogP contribution in [0.25, 0.3) is 23.1 Å².